The van der Waals surface area contributed by atoms with Gasteiger partial charge < -0.3 is 14.2 Å². The zero-order chi connectivity index (χ0) is 12.2. The van der Waals surface area contributed by atoms with Gasteiger partial charge in [-0.05, 0) is 6.08 Å². The lowest BCUT2D eigenvalue weighted by Crippen LogP contribution is -2.42. The van der Waals surface area contributed by atoms with Crippen molar-refractivity contribution in [3.63, 3.8) is 0 Å². The second kappa shape index (κ2) is 3.16. The van der Waals surface area contributed by atoms with E-state index in [2.05, 4.69) is 4.74 Å². The molecule has 0 spiro atoms. The highest BCUT2D eigenvalue weighted by Gasteiger charge is 2.67. The molecule has 3 aliphatic heterocycles. The van der Waals surface area contributed by atoms with Crippen molar-refractivity contribution >= 4 is 17.9 Å². The fourth-order valence-electron chi connectivity index (χ4n) is 2.69. The largest absolute Gasteiger partial charge is 0.462 e. The van der Waals surface area contributed by atoms with Crippen LogP contribution >= 0.6 is 0 Å². The Morgan fingerprint density at radius 2 is 2.24 bits per heavy atom. The molecule has 3 heterocycles. The summed E-state index contributed by atoms with van der Waals surface area (Å²) in [5.41, 5.74) is -1.02. The molecule has 4 atom stereocenters. The third kappa shape index (κ3) is 1.27. The number of carbonyl (C=O) groups excluding carboxylic acids is 3. The van der Waals surface area contributed by atoms with Gasteiger partial charge in [0.1, 0.15) is 24.0 Å². The zero-order valence-electron chi connectivity index (χ0n) is 9.04. The quantitative estimate of drug-likeness (QED) is 0.369. The molecule has 6 heteroatoms. The molecule has 6 nitrogen and oxygen atoms in total. The van der Waals surface area contributed by atoms with Crippen LogP contribution in [0, 0.1) is 11.8 Å². The Morgan fingerprint density at radius 3 is 2.94 bits per heavy atom. The van der Waals surface area contributed by atoms with Crippen molar-refractivity contribution in [2.75, 3.05) is 6.61 Å². The van der Waals surface area contributed by atoms with Crippen LogP contribution in [0.4, 0.5) is 0 Å². The number of hydrogen-bond donors (Lipinski definition) is 0. The number of ether oxygens (including phenoxy) is 3. The summed E-state index contributed by atoms with van der Waals surface area (Å²) in [6.45, 7) is 1.20. The molecular weight excluding hydrogens is 228 g/mol. The summed E-state index contributed by atoms with van der Waals surface area (Å²) in [7, 11) is 0. The second-order valence-corrected chi connectivity index (χ2v) is 4.42. The van der Waals surface area contributed by atoms with Crippen molar-refractivity contribution in [1.29, 1.82) is 0 Å². The zero-order valence-corrected chi connectivity index (χ0v) is 9.04. The first-order chi connectivity index (χ1) is 8.03. The van der Waals surface area contributed by atoms with Gasteiger partial charge in [-0.3, -0.25) is 14.4 Å². The average molecular weight is 238 g/mol. The molecule has 0 aromatic carbocycles. The Kier molecular flexibility index (Phi) is 1.95. The standard InChI is InChI=1S/C11H10O6/c1-5(12)15-4-11-3-2-6(17-11)7-8(11)10(14)16-9(7)13/h2-3,6-8H,4H2,1H3/t6?,7?,8?,11-/m0/s1. The number of carbonyl (C=O) groups is 3. The molecule has 2 saturated heterocycles. The van der Waals surface area contributed by atoms with Gasteiger partial charge in [-0.1, -0.05) is 6.08 Å². The number of cyclic esters (lactones) is 2. The van der Waals surface area contributed by atoms with Gasteiger partial charge in [-0.15, -0.1) is 0 Å². The Balaban J connectivity index is 1.91. The van der Waals surface area contributed by atoms with Gasteiger partial charge in [0.15, 0.2) is 0 Å². The molecule has 0 aromatic rings. The summed E-state index contributed by atoms with van der Waals surface area (Å²) < 4.78 is 15.1. The van der Waals surface area contributed by atoms with Crippen molar-refractivity contribution in [2.45, 2.75) is 18.6 Å². The summed E-state index contributed by atoms with van der Waals surface area (Å²) in [4.78, 5) is 33.9. The highest BCUT2D eigenvalue weighted by molar-refractivity contribution is 5.99. The molecule has 90 valence electrons. The number of hydrogen-bond acceptors (Lipinski definition) is 6. The van der Waals surface area contributed by atoms with E-state index in [9.17, 15) is 14.4 Å². The molecule has 3 rings (SSSR count). The van der Waals surface area contributed by atoms with Crippen LogP contribution in [0.2, 0.25) is 0 Å². The van der Waals surface area contributed by atoms with E-state index in [1.54, 1.807) is 12.2 Å². The molecule has 0 aromatic heterocycles. The smallest absolute Gasteiger partial charge is 0.321 e. The summed E-state index contributed by atoms with van der Waals surface area (Å²) in [5.74, 6) is -2.90. The Bertz CT molecular complexity index is 453. The fraction of sp³-hybridized carbons (Fsp3) is 0.545. The van der Waals surface area contributed by atoms with E-state index in [0.717, 1.165) is 0 Å². The van der Waals surface area contributed by atoms with Crippen LogP contribution in [0.1, 0.15) is 6.92 Å². The van der Waals surface area contributed by atoms with Gasteiger partial charge in [0.05, 0.1) is 6.10 Å². The molecule has 0 saturated carbocycles. The molecule has 17 heavy (non-hydrogen) atoms. The van der Waals surface area contributed by atoms with Crippen LogP contribution in [0.25, 0.3) is 0 Å². The topological polar surface area (TPSA) is 78.9 Å². The van der Waals surface area contributed by atoms with E-state index in [-0.39, 0.29) is 6.61 Å². The van der Waals surface area contributed by atoms with Gasteiger partial charge in [0.2, 0.25) is 0 Å². The van der Waals surface area contributed by atoms with E-state index in [1.165, 1.54) is 6.92 Å². The number of fused-ring (bicyclic) bond motifs is 5. The van der Waals surface area contributed by atoms with E-state index >= 15 is 0 Å². The molecule has 0 amide bonds. The lowest BCUT2D eigenvalue weighted by molar-refractivity contribution is -0.163. The van der Waals surface area contributed by atoms with Gasteiger partial charge in [0, 0.05) is 6.92 Å². The highest BCUT2D eigenvalue weighted by atomic mass is 16.6. The molecular formula is C11H10O6. The molecule has 0 N–H and O–H groups in total. The van der Waals surface area contributed by atoms with Crippen LogP contribution < -0.4 is 0 Å². The van der Waals surface area contributed by atoms with E-state index in [1.807, 2.05) is 0 Å². The number of rotatable bonds is 2. The van der Waals surface area contributed by atoms with Crippen molar-refractivity contribution in [3.05, 3.63) is 12.2 Å². The van der Waals surface area contributed by atoms with Crippen LogP contribution in [0.3, 0.4) is 0 Å². The molecule has 0 aliphatic carbocycles. The minimum Gasteiger partial charge on any atom is -0.462 e. The summed E-state index contributed by atoms with van der Waals surface area (Å²) >= 11 is 0. The fourth-order valence-corrected chi connectivity index (χ4v) is 2.69. The van der Waals surface area contributed by atoms with Crippen molar-refractivity contribution in [3.8, 4) is 0 Å². The number of esters is 3. The SMILES string of the molecule is CC(=O)OC[C@]12C=CC(O1)C1C(=O)OC(=O)C12. The van der Waals surface area contributed by atoms with Gasteiger partial charge >= 0.3 is 17.9 Å². The average Bonchev–Trinajstić information content (AvgIpc) is 2.88. The minimum absolute atomic E-state index is 0.0706. The van der Waals surface area contributed by atoms with E-state index in [4.69, 9.17) is 9.47 Å². The van der Waals surface area contributed by atoms with Gasteiger partial charge in [0.25, 0.3) is 0 Å². The summed E-state index contributed by atoms with van der Waals surface area (Å²) in [5, 5.41) is 0. The predicted molar refractivity (Wildman–Crippen MR) is 51.5 cm³/mol. The van der Waals surface area contributed by atoms with E-state index < -0.39 is 41.4 Å². The predicted octanol–water partition coefficient (Wildman–Crippen LogP) is -0.427. The minimum atomic E-state index is -1.02. The highest BCUT2D eigenvalue weighted by Crippen LogP contribution is 2.51. The Labute approximate surface area is 96.5 Å². The van der Waals surface area contributed by atoms with Gasteiger partial charge in [-0.2, -0.15) is 0 Å². The Morgan fingerprint density at radius 1 is 1.47 bits per heavy atom. The molecule has 0 radical (unpaired) electrons. The maximum Gasteiger partial charge on any atom is 0.321 e. The molecule has 2 bridgehead atoms. The first kappa shape index (κ1) is 10.5. The third-order valence-electron chi connectivity index (χ3n) is 3.39. The summed E-state index contributed by atoms with van der Waals surface area (Å²) in [6, 6.07) is 0. The first-order valence-electron chi connectivity index (χ1n) is 5.29. The molecule has 2 fully saturated rings. The maximum absolute atomic E-state index is 11.6. The first-order valence-corrected chi connectivity index (χ1v) is 5.29. The van der Waals surface area contributed by atoms with Crippen molar-refractivity contribution in [2.24, 2.45) is 11.8 Å². The van der Waals surface area contributed by atoms with Crippen molar-refractivity contribution < 1.29 is 28.6 Å². The lowest BCUT2D eigenvalue weighted by Gasteiger charge is -2.26. The van der Waals surface area contributed by atoms with Gasteiger partial charge in [-0.25, -0.2) is 0 Å². The monoisotopic (exact) mass is 238 g/mol. The molecule has 3 aliphatic rings. The van der Waals surface area contributed by atoms with E-state index in [0.29, 0.717) is 0 Å². The van der Waals surface area contributed by atoms with Crippen LogP contribution in [0.5, 0.6) is 0 Å². The second-order valence-electron chi connectivity index (χ2n) is 4.42. The normalized spacial score (nSPS) is 41.6. The maximum atomic E-state index is 11.6. The van der Waals surface area contributed by atoms with Crippen LogP contribution in [-0.4, -0.2) is 36.2 Å². The van der Waals surface area contributed by atoms with Crippen LogP contribution in [-0.2, 0) is 28.6 Å². The summed E-state index contributed by atoms with van der Waals surface area (Å²) in [6.07, 6.45) is 2.95. The molecule has 3 unspecified atom stereocenters. The van der Waals surface area contributed by atoms with Crippen molar-refractivity contribution in [1.82, 2.24) is 0 Å². The Hall–Kier alpha value is -1.69. The third-order valence-corrected chi connectivity index (χ3v) is 3.39. The lowest BCUT2D eigenvalue weighted by atomic mass is 9.77. The van der Waals surface area contributed by atoms with Crippen LogP contribution in [0.15, 0.2) is 12.2 Å².